The normalized spacial score (nSPS) is 12.0. The highest BCUT2D eigenvalue weighted by Gasteiger charge is 2.27. The number of unbranched alkanes of at least 4 members (excludes halogenated alkanes) is 4. The molecule has 2 nitrogen and oxygen atoms in total. The molecule has 0 amide bonds. The monoisotopic (exact) mass is 314 g/mol. The van der Waals surface area contributed by atoms with Gasteiger partial charge in [-0.25, -0.2) is 9.78 Å². The van der Waals surface area contributed by atoms with Crippen molar-refractivity contribution in [3.63, 3.8) is 0 Å². The molecule has 0 unspecified atom stereocenters. The summed E-state index contributed by atoms with van der Waals surface area (Å²) in [5, 5.41) is 0. The maximum absolute atomic E-state index is 5.34. The molecule has 22 heavy (non-hydrogen) atoms. The summed E-state index contributed by atoms with van der Waals surface area (Å²) in [7, 11) is 0. The summed E-state index contributed by atoms with van der Waals surface area (Å²) >= 11 is 0. The Labute approximate surface area is 140 Å². The average Bonchev–Trinajstić information content (AvgIpc) is 2.55. The highest BCUT2D eigenvalue weighted by molar-refractivity contribution is 4.79. The Kier molecular flexibility index (Phi) is 15.7. The van der Waals surface area contributed by atoms with Gasteiger partial charge in [0.15, 0.2) is 0 Å². The van der Waals surface area contributed by atoms with E-state index in [2.05, 4.69) is 27.7 Å². The third-order valence-electron chi connectivity index (χ3n) is 4.78. The van der Waals surface area contributed by atoms with Crippen LogP contribution in [-0.2, 0) is 9.78 Å². The third kappa shape index (κ3) is 11.5. The van der Waals surface area contributed by atoms with Gasteiger partial charge in [0, 0.05) is 0 Å². The van der Waals surface area contributed by atoms with Gasteiger partial charge in [-0.05, 0) is 43.9 Å². The first-order valence-electron chi connectivity index (χ1n) is 9.99. The average molecular weight is 315 g/mol. The molecule has 0 aromatic carbocycles. The van der Waals surface area contributed by atoms with Crippen LogP contribution < -0.4 is 0 Å². The molecular weight excluding hydrogens is 272 g/mol. The molecule has 0 aromatic rings. The predicted molar refractivity (Wildman–Crippen MR) is 97.1 cm³/mol. The van der Waals surface area contributed by atoms with Gasteiger partial charge in [-0.3, -0.25) is 0 Å². The molecule has 0 saturated heterocycles. The predicted octanol–water partition coefficient (Wildman–Crippen LogP) is 7.07. The van der Waals surface area contributed by atoms with Crippen molar-refractivity contribution in [2.75, 3.05) is 13.2 Å². The summed E-state index contributed by atoms with van der Waals surface area (Å²) in [6.07, 6.45) is 17.0. The number of hydrogen-bond acceptors (Lipinski definition) is 2. The summed E-state index contributed by atoms with van der Waals surface area (Å²) in [5.41, 5.74) is 0.564. The zero-order valence-electron chi connectivity index (χ0n) is 15.9. The van der Waals surface area contributed by atoms with Gasteiger partial charge in [0.2, 0.25) is 0 Å². The lowest BCUT2D eigenvalue weighted by atomic mass is 9.71. The quantitative estimate of drug-likeness (QED) is 0.162. The summed E-state index contributed by atoms with van der Waals surface area (Å²) in [5.74, 6) is 0. The van der Waals surface area contributed by atoms with E-state index in [9.17, 15) is 0 Å². The van der Waals surface area contributed by atoms with Crippen molar-refractivity contribution in [2.45, 2.75) is 111 Å². The first kappa shape index (κ1) is 21.9. The van der Waals surface area contributed by atoms with E-state index in [0.717, 1.165) is 32.5 Å². The van der Waals surface area contributed by atoms with Crippen molar-refractivity contribution in [2.24, 2.45) is 5.41 Å². The van der Waals surface area contributed by atoms with Crippen molar-refractivity contribution < 1.29 is 9.78 Å². The lowest BCUT2D eigenvalue weighted by molar-refractivity contribution is -0.295. The maximum atomic E-state index is 5.34. The first-order valence-corrected chi connectivity index (χ1v) is 9.99. The maximum Gasteiger partial charge on any atom is 0.0822 e. The van der Waals surface area contributed by atoms with E-state index in [4.69, 9.17) is 9.78 Å². The van der Waals surface area contributed by atoms with E-state index in [1.54, 1.807) is 0 Å². The van der Waals surface area contributed by atoms with Crippen molar-refractivity contribution in [1.29, 1.82) is 0 Å². The van der Waals surface area contributed by atoms with Gasteiger partial charge in [-0.15, -0.1) is 0 Å². The molecule has 0 aliphatic carbocycles. The Morgan fingerprint density at radius 3 is 1.27 bits per heavy atom. The van der Waals surface area contributed by atoms with Crippen LogP contribution in [0.1, 0.15) is 111 Å². The number of hydrogen-bond donors (Lipinski definition) is 0. The minimum absolute atomic E-state index is 0.564. The Bertz CT molecular complexity index is 194. The lowest BCUT2D eigenvalue weighted by Crippen LogP contribution is -2.22. The second-order valence-electron chi connectivity index (χ2n) is 6.91. The molecule has 0 rings (SSSR count). The highest BCUT2D eigenvalue weighted by Crippen LogP contribution is 2.40. The fourth-order valence-corrected chi connectivity index (χ4v) is 3.23. The van der Waals surface area contributed by atoms with Crippen molar-refractivity contribution >= 4 is 0 Å². The molecule has 0 radical (unpaired) electrons. The number of rotatable bonds is 17. The van der Waals surface area contributed by atoms with Gasteiger partial charge in [-0.1, -0.05) is 72.6 Å². The van der Waals surface area contributed by atoms with Crippen LogP contribution in [0, 0.1) is 5.41 Å². The highest BCUT2D eigenvalue weighted by atomic mass is 17.2. The van der Waals surface area contributed by atoms with Crippen LogP contribution >= 0.6 is 0 Å². The topological polar surface area (TPSA) is 18.5 Å². The van der Waals surface area contributed by atoms with E-state index < -0.39 is 0 Å². The molecule has 0 N–H and O–H groups in total. The van der Waals surface area contributed by atoms with Crippen LogP contribution in [0.5, 0.6) is 0 Å². The van der Waals surface area contributed by atoms with E-state index in [-0.39, 0.29) is 0 Å². The molecule has 0 aromatic heterocycles. The molecule has 0 atom stereocenters. The molecule has 0 heterocycles. The van der Waals surface area contributed by atoms with Crippen molar-refractivity contribution in [3.05, 3.63) is 0 Å². The molecule has 0 aliphatic heterocycles. The van der Waals surface area contributed by atoms with E-state index >= 15 is 0 Å². The largest absolute Gasteiger partial charge is 0.237 e. The summed E-state index contributed by atoms with van der Waals surface area (Å²) in [4.78, 5) is 10.6. The fourth-order valence-electron chi connectivity index (χ4n) is 3.23. The minimum Gasteiger partial charge on any atom is -0.237 e. The zero-order valence-corrected chi connectivity index (χ0v) is 15.9. The summed E-state index contributed by atoms with van der Waals surface area (Å²) in [6.45, 7) is 10.6. The molecule has 0 spiro atoms. The molecule has 0 saturated carbocycles. The Hall–Kier alpha value is -0.0800. The zero-order chi connectivity index (χ0) is 16.5. The van der Waals surface area contributed by atoms with Crippen LogP contribution in [0.3, 0.4) is 0 Å². The molecule has 134 valence electrons. The fraction of sp³-hybridized carbons (Fsp3) is 1.00. The van der Waals surface area contributed by atoms with Crippen LogP contribution in [0.4, 0.5) is 0 Å². The van der Waals surface area contributed by atoms with E-state index in [1.807, 2.05) is 0 Å². The van der Waals surface area contributed by atoms with Crippen molar-refractivity contribution in [3.8, 4) is 0 Å². The van der Waals surface area contributed by atoms with Crippen LogP contribution in [0.25, 0.3) is 0 Å². The van der Waals surface area contributed by atoms with Crippen LogP contribution in [0.2, 0.25) is 0 Å². The molecule has 0 aliphatic rings. The van der Waals surface area contributed by atoms with E-state index in [0.29, 0.717) is 5.41 Å². The van der Waals surface area contributed by atoms with Gasteiger partial charge in [0.05, 0.1) is 13.2 Å². The minimum atomic E-state index is 0.564. The third-order valence-corrected chi connectivity index (χ3v) is 4.78. The molecule has 0 bridgehead atoms. The molecule has 0 fully saturated rings. The summed E-state index contributed by atoms with van der Waals surface area (Å²) in [6, 6.07) is 0. The Morgan fingerprint density at radius 2 is 0.864 bits per heavy atom. The Morgan fingerprint density at radius 1 is 0.500 bits per heavy atom. The second kappa shape index (κ2) is 15.8. The van der Waals surface area contributed by atoms with Gasteiger partial charge >= 0.3 is 0 Å². The summed E-state index contributed by atoms with van der Waals surface area (Å²) < 4.78 is 0. The van der Waals surface area contributed by atoms with Gasteiger partial charge in [0.1, 0.15) is 0 Å². The smallest absolute Gasteiger partial charge is 0.0822 e. The molecule has 2 heteroatoms. The van der Waals surface area contributed by atoms with Gasteiger partial charge < -0.3 is 0 Å². The Balaban J connectivity index is 4.21. The van der Waals surface area contributed by atoms with Crippen molar-refractivity contribution in [1.82, 2.24) is 0 Å². The first-order chi connectivity index (χ1) is 10.7. The van der Waals surface area contributed by atoms with Gasteiger partial charge in [-0.2, -0.15) is 0 Å². The van der Waals surface area contributed by atoms with Gasteiger partial charge in [0.25, 0.3) is 0 Å². The van der Waals surface area contributed by atoms with Crippen LogP contribution in [-0.4, -0.2) is 13.2 Å². The molecular formula is C20H42O2. The lowest BCUT2D eigenvalue weighted by Gasteiger charge is -2.34. The SMILES string of the molecule is CCCCOOCCCC(CCCC)(CCCC)CCCC. The van der Waals surface area contributed by atoms with E-state index in [1.165, 1.54) is 64.2 Å². The van der Waals surface area contributed by atoms with Crippen LogP contribution in [0.15, 0.2) is 0 Å². The second-order valence-corrected chi connectivity index (χ2v) is 6.91. The standard InChI is InChI=1S/C20H42O2/c1-5-9-14-20(15-10-6-2,16-11-7-3)17-13-19-22-21-18-12-8-4/h5-19H2,1-4H3.